The normalized spacial score (nSPS) is 22.7. The van der Waals surface area contributed by atoms with Gasteiger partial charge in [-0.3, -0.25) is 0 Å². The molecule has 1 unspecified atom stereocenters. The zero-order chi connectivity index (χ0) is 16.1. The lowest BCUT2D eigenvalue weighted by Crippen LogP contribution is -2.28. The van der Waals surface area contributed by atoms with Crippen LogP contribution in [0.25, 0.3) is 0 Å². The van der Waals surface area contributed by atoms with Gasteiger partial charge in [0.2, 0.25) is 0 Å². The minimum absolute atomic E-state index is 0.488. The summed E-state index contributed by atoms with van der Waals surface area (Å²) in [5.74, 6) is 0.488. The monoisotopic (exact) mass is 308 g/mol. The summed E-state index contributed by atoms with van der Waals surface area (Å²) >= 11 is 0. The lowest BCUT2D eigenvalue weighted by molar-refractivity contribution is 0.380. The van der Waals surface area contributed by atoms with E-state index >= 15 is 0 Å². The van der Waals surface area contributed by atoms with Crippen LogP contribution in [0.4, 0.5) is 0 Å². The van der Waals surface area contributed by atoms with Gasteiger partial charge in [-0.2, -0.15) is 5.10 Å². The van der Waals surface area contributed by atoms with Crippen molar-refractivity contribution in [2.24, 2.45) is 11.0 Å². The van der Waals surface area contributed by atoms with Crippen molar-refractivity contribution in [3.8, 4) is 0 Å². The van der Waals surface area contributed by atoms with Gasteiger partial charge in [0.25, 0.3) is 0 Å². The maximum absolute atomic E-state index is 4.85. The first-order chi connectivity index (χ1) is 11.2. The lowest BCUT2D eigenvalue weighted by atomic mass is 9.93. The molecule has 0 bridgehead atoms. The molecule has 2 nitrogen and oxygen atoms in total. The van der Waals surface area contributed by atoms with Gasteiger partial charge in [0.1, 0.15) is 0 Å². The first kappa shape index (κ1) is 16.0. The smallest absolute Gasteiger partial charge is 0.0684 e. The summed E-state index contributed by atoms with van der Waals surface area (Å²) in [5, 5.41) is 4.85. The van der Waals surface area contributed by atoms with Crippen LogP contribution in [0.3, 0.4) is 0 Å². The number of allylic oxidation sites excluding steroid dienone is 4. The molecule has 0 aromatic heterocycles. The van der Waals surface area contributed by atoms with Crippen LogP contribution >= 0.6 is 0 Å². The average Bonchev–Trinajstić information content (AvgIpc) is 2.92. The Morgan fingerprint density at radius 2 is 1.83 bits per heavy atom. The van der Waals surface area contributed by atoms with Crippen LogP contribution in [0.1, 0.15) is 57.9 Å². The molecule has 0 radical (unpaired) electrons. The minimum Gasteiger partial charge on any atom is -0.307 e. The van der Waals surface area contributed by atoms with Crippen molar-refractivity contribution in [3.05, 3.63) is 59.2 Å². The molecule has 3 rings (SSSR count). The van der Waals surface area contributed by atoms with Crippen molar-refractivity contribution in [2.45, 2.75) is 58.4 Å². The van der Waals surface area contributed by atoms with Gasteiger partial charge in [-0.05, 0) is 32.3 Å². The standard InChI is InChI=1S/C21H28N2/c1-16-13-14-19(17(16)2)15-21(18-9-5-3-6-10-18)23-22-20-11-7-4-8-12-20/h3,5-6,9-10,13-14,19-20,22H,4,7-8,11-12,15H2,1-2H3. The van der Waals surface area contributed by atoms with E-state index in [4.69, 9.17) is 5.10 Å². The second kappa shape index (κ2) is 7.63. The van der Waals surface area contributed by atoms with E-state index in [0.29, 0.717) is 12.0 Å². The van der Waals surface area contributed by atoms with E-state index in [2.05, 4.69) is 61.8 Å². The first-order valence-corrected chi connectivity index (χ1v) is 8.97. The zero-order valence-corrected chi connectivity index (χ0v) is 14.4. The Hall–Kier alpha value is -1.83. The number of nitrogens with zero attached hydrogens (tertiary/aromatic N) is 1. The SMILES string of the molecule is CC1=C(C)C(CC(=NNC2CCCCC2)c2ccccc2)C=C1. The maximum Gasteiger partial charge on any atom is 0.0684 e. The van der Waals surface area contributed by atoms with E-state index in [9.17, 15) is 0 Å². The molecule has 23 heavy (non-hydrogen) atoms. The highest BCUT2D eigenvalue weighted by atomic mass is 15.3. The molecule has 0 aliphatic heterocycles. The van der Waals surface area contributed by atoms with E-state index in [1.807, 2.05) is 0 Å². The predicted octanol–water partition coefficient (Wildman–Crippen LogP) is 5.23. The molecule has 1 aromatic rings. The van der Waals surface area contributed by atoms with E-state index in [1.165, 1.54) is 54.5 Å². The Bertz CT molecular complexity index is 604. The maximum atomic E-state index is 4.85. The lowest BCUT2D eigenvalue weighted by Gasteiger charge is -2.22. The third-order valence-corrected chi connectivity index (χ3v) is 5.26. The van der Waals surface area contributed by atoms with Gasteiger partial charge in [0.05, 0.1) is 5.71 Å². The summed E-state index contributed by atoms with van der Waals surface area (Å²) in [6.45, 7) is 4.45. The molecule has 1 N–H and O–H groups in total. The van der Waals surface area contributed by atoms with E-state index < -0.39 is 0 Å². The van der Waals surface area contributed by atoms with Gasteiger partial charge in [0.15, 0.2) is 0 Å². The van der Waals surface area contributed by atoms with Crippen LogP contribution < -0.4 is 5.43 Å². The third-order valence-electron chi connectivity index (χ3n) is 5.26. The third kappa shape index (κ3) is 4.13. The highest BCUT2D eigenvalue weighted by Crippen LogP contribution is 2.28. The van der Waals surface area contributed by atoms with E-state index in [1.54, 1.807) is 0 Å². The molecule has 0 heterocycles. The van der Waals surface area contributed by atoms with Crippen LogP contribution in [0.5, 0.6) is 0 Å². The van der Waals surface area contributed by atoms with Gasteiger partial charge in [-0.25, -0.2) is 0 Å². The van der Waals surface area contributed by atoms with Crippen LogP contribution in [0, 0.1) is 5.92 Å². The highest BCUT2D eigenvalue weighted by molar-refractivity contribution is 6.00. The molecule has 1 saturated carbocycles. The molecule has 1 fully saturated rings. The fourth-order valence-electron chi connectivity index (χ4n) is 3.52. The Balaban J connectivity index is 1.75. The molecule has 0 spiro atoms. The molecule has 1 atom stereocenters. The minimum atomic E-state index is 0.488. The van der Waals surface area contributed by atoms with Gasteiger partial charge >= 0.3 is 0 Å². The molecule has 0 saturated heterocycles. The van der Waals surface area contributed by atoms with Crippen molar-refractivity contribution >= 4 is 5.71 Å². The van der Waals surface area contributed by atoms with E-state index in [-0.39, 0.29) is 0 Å². The first-order valence-electron chi connectivity index (χ1n) is 8.97. The van der Waals surface area contributed by atoms with Crippen LogP contribution in [0.15, 0.2) is 58.7 Å². The molecule has 2 aliphatic carbocycles. The zero-order valence-electron chi connectivity index (χ0n) is 14.4. The van der Waals surface area contributed by atoms with Gasteiger partial charge in [0, 0.05) is 18.4 Å². The number of nitrogens with one attached hydrogen (secondary N) is 1. The molecule has 122 valence electrons. The number of hydrazone groups is 1. The second-order valence-electron chi connectivity index (χ2n) is 6.92. The van der Waals surface area contributed by atoms with E-state index in [0.717, 1.165) is 6.42 Å². The molecule has 1 aromatic carbocycles. The fraction of sp³-hybridized carbons (Fsp3) is 0.476. The van der Waals surface area contributed by atoms with Gasteiger partial charge in [-0.15, -0.1) is 0 Å². The Labute approximate surface area is 140 Å². The predicted molar refractivity (Wildman–Crippen MR) is 98.6 cm³/mol. The Morgan fingerprint density at radius 3 is 2.48 bits per heavy atom. The summed E-state index contributed by atoms with van der Waals surface area (Å²) in [4.78, 5) is 0. The molecule has 2 aliphatic rings. The van der Waals surface area contributed by atoms with Crippen molar-refractivity contribution < 1.29 is 0 Å². The quantitative estimate of drug-likeness (QED) is 0.585. The van der Waals surface area contributed by atoms with Crippen molar-refractivity contribution in [1.29, 1.82) is 0 Å². The van der Waals surface area contributed by atoms with Gasteiger partial charge < -0.3 is 5.43 Å². The number of benzene rings is 1. The topological polar surface area (TPSA) is 24.4 Å². The van der Waals surface area contributed by atoms with Crippen LogP contribution in [-0.2, 0) is 0 Å². The molecule has 0 amide bonds. The number of hydrogen-bond donors (Lipinski definition) is 1. The number of rotatable bonds is 5. The van der Waals surface area contributed by atoms with Crippen molar-refractivity contribution in [2.75, 3.05) is 0 Å². The summed E-state index contributed by atoms with van der Waals surface area (Å²) in [5.41, 5.74) is 8.77. The molecular formula is C21H28N2. The van der Waals surface area contributed by atoms with Crippen LogP contribution in [-0.4, -0.2) is 11.8 Å². The van der Waals surface area contributed by atoms with Crippen LogP contribution in [0.2, 0.25) is 0 Å². The number of hydrogen-bond acceptors (Lipinski definition) is 2. The Morgan fingerprint density at radius 1 is 1.09 bits per heavy atom. The highest BCUT2D eigenvalue weighted by Gasteiger charge is 2.19. The average molecular weight is 308 g/mol. The molecular weight excluding hydrogens is 280 g/mol. The summed E-state index contributed by atoms with van der Waals surface area (Å²) in [6, 6.07) is 11.2. The largest absolute Gasteiger partial charge is 0.307 e. The summed E-state index contributed by atoms with van der Waals surface area (Å²) < 4.78 is 0. The molecule has 2 heteroatoms. The van der Waals surface area contributed by atoms with Crippen molar-refractivity contribution in [3.63, 3.8) is 0 Å². The summed E-state index contributed by atoms with van der Waals surface area (Å²) in [6.07, 6.45) is 12.1. The van der Waals surface area contributed by atoms with Crippen molar-refractivity contribution in [1.82, 2.24) is 5.43 Å². The van der Waals surface area contributed by atoms with Gasteiger partial charge in [-0.1, -0.05) is 72.9 Å². The second-order valence-corrected chi connectivity index (χ2v) is 6.92. The Kier molecular flexibility index (Phi) is 5.32. The summed E-state index contributed by atoms with van der Waals surface area (Å²) in [7, 11) is 0. The fourth-order valence-corrected chi connectivity index (χ4v) is 3.52.